The van der Waals surface area contributed by atoms with E-state index in [0.29, 0.717) is 11.8 Å². The first-order valence-corrected chi connectivity index (χ1v) is 17.2. The predicted molar refractivity (Wildman–Crippen MR) is 196 cm³/mol. The molecule has 4 aliphatic rings. The molecule has 11 rings (SSSR count). The minimum absolute atomic E-state index is 0.406. The number of nitrogens with zero attached hydrogens (tertiary/aromatic N) is 1. The number of fused-ring (bicyclic) bond motifs is 14. The standard InChI is InChI=1S/C45H34N2/c1-26-21-24-40-37(25-26)45(36-18-10-16-33-29-12-5-8-20-39(29)47(40)44(33)36)35-17-6-3-11-28(35)31-14-9-15-32(42(31)45)30-23-22-27(2)43-41(30)34-13-4-7-19-38(34)46-43/h3-21,23-24,26-27,46H,22,25H2,1-2H3. The van der Waals surface area contributed by atoms with E-state index in [9.17, 15) is 0 Å². The summed E-state index contributed by atoms with van der Waals surface area (Å²) in [5, 5.41) is 3.99. The molecule has 3 aliphatic carbocycles. The highest BCUT2D eigenvalue weighted by Gasteiger charge is 2.53. The number of allylic oxidation sites excluding steroid dienone is 5. The zero-order valence-electron chi connectivity index (χ0n) is 26.6. The fraction of sp³-hybridized carbons (Fsp3) is 0.156. The SMILES string of the molecule is CC1C=CC2=C(C1)C1(c3ccccc3-c3cccc(C4=CCC(C)c5[nH]c6ccccc6c54)c31)c1cccc3c4ccccc4n2c13. The molecule has 1 spiro atoms. The lowest BCUT2D eigenvalue weighted by molar-refractivity contribution is 0.609. The van der Waals surface area contributed by atoms with Crippen molar-refractivity contribution in [1.82, 2.24) is 9.55 Å². The third-order valence-corrected chi connectivity index (χ3v) is 11.7. The maximum atomic E-state index is 3.85. The number of H-pyrrole nitrogens is 1. The maximum absolute atomic E-state index is 3.85. The van der Waals surface area contributed by atoms with Gasteiger partial charge in [0.15, 0.2) is 0 Å². The molecule has 0 bridgehead atoms. The van der Waals surface area contributed by atoms with Crippen molar-refractivity contribution < 1.29 is 0 Å². The first-order chi connectivity index (χ1) is 23.2. The number of aromatic nitrogens is 2. The molecule has 2 heteroatoms. The Morgan fingerprint density at radius 2 is 1.43 bits per heavy atom. The highest BCUT2D eigenvalue weighted by atomic mass is 15.0. The zero-order chi connectivity index (χ0) is 31.0. The number of rotatable bonds is 1. The van der Waals surface area contributed by atoms with Crippen molar-refractivity contribution in [3.8, 4) is 11.1 Å². The number of para-hydroxylation sites is 3. The predicted octanol–water partition coefficient (Wildman–Crippen LogP) is 11.4. The molecule has 1 aliphatic heterocycles. The fourth-order valence-corrected chi connectivity index (χ4v) is 9.90. The molecule has 1 N–H and O–H groups in total. The smallest absolute Gasteiger partial charge is 0.0723 e. The molecule has 0 saturated carbocycles. The first-order valence-electron chi connectivity index (χ1n) is 17.2. The van der Waals surface area contributed by atoms with Gasteiger partial charge in [-0.1, -0.05) is 123 Å². The van der Waals surface area contributed by atoms with Gasteiger partial charge in [-0.15, -0.1) is 0 Å². The van der Waals surface area contributed by atoms with Gasteiger partial charge in [0.05, 0.1) is 16.4 Å². The average Bonchev–Trinajstić information content (AvgIpc) is 3.76. The lowest BCUT2D eigenvalue weighted by atomic mass is 9.61. The molecule has 3 unspecified atom stereocenters. The van der Waals surface area contributed by atoms with Crippen LogP contribution in [-0.2, 0) is 5.41 Å². The number of hydrogen-bond acceptors (Lipinski definition) is 0. The number of hydrogen-bond donors (Lipinski definition) is 1. The lowest BCUT2D eigenvalue weighted by Gasteiger charge is -2.44. The van der Waals surface area contributed by atoms with E-state index in [1.165, 1.54) is 94.2 Å². The maximum Gasteiger partial charge on any atom is 0.0723 e. The van der Waals surface area contributed by atoms with Crippen LogP contribution in [0.4, 0.5) is 0 Å². The quantitative estimate of drug-likeness (QED) is 0.193. The Bertz CT molecular complexity index is 2620. The Balaban J connectivity index is 1.33. The molecule has 0 saturated heterocycles. The van der Waals surface area contributed by atoms with Crippen LogP contribution >= 0.6 is 0 Å². The third-order valence-electron chi connectivity index (χ3n) is 11.7. The summed E-state index contributed by atoms with van der Waals surface area (Å²) in [7, 11) is 0. The Kier molecular flexibility index (Phi) is 4.90. The van der Waals surface area contributed by atoms with Crippen LogP contribution in [0.2, 0.25) is 0 Å². The van der Waals surface area contributed by atoms with Gasteiger partial charge < -0.3 is 9.55 Å². The summed E-state index contributed by atoms with van der Waals surface area (Å²) in [5.74, 6) is 0.897. The second-order valence-electron chi connectivity index (χ2n) is 14.2. The van der Waals surface area contributed by atoms with Gasteiger partial charge in [0.2, 0.25) is 0 Å². The van der Waals surface area contributed by atoms with Gasteiger partial charge in [-0.3, -0.25) is 0 Å². The van der Waals surface area contributed by atoms with Crippen molar-refractivity contribution in [2.75, 3.05) is 0 Å². The zero-order valence-corrected chi connectivity index (χ0v) is 26.6. The van der Waals surface area contributed by atoms with Crippen LogP contribution in [0.15, 0.2) is 133 Å². The van der Waals surface area contributed by atoms with Crippen molar-refractivity contribution in [3.63, 3.8) is 0 Å². The van der Waals surface area contributed by atoms with Gasteiger partial charge in [0, 0.05) is 44.5 Å². The van der Waals surface area contributed by atoms with Crippen LogP contribution < -0.4 is 0 Å². The molecular weight excluding hydrogens is 569 g/mol. The van der Waals surface area contributed by atoms with E-state index in [2.05, 4.69) is 151 Å². The van der Waals surface area contributed by atoms with Gasteiger partial charge in [0.25, 0.3) is 0 Å². The van der Waals surface area contributed by atoms with Gasteiger partial charge in [-0.05, 0) is 81.5 Å². The van der Waals surface area contributed by atoms with Crippen LogP contribution in [0, 0.1) is 5.92 Å². The summed E-state index contributed by atoms with van der Waals surface area (Å²) in [6, 6.07) is 41.4. The van der Waals surface area contributed by atoms with E-state index in [1.807, 2.05) is 0 Å². The molecule has 7 aromatic rings. The second kappa shape index (κ2) is 8.92. The fourth-order valence-electron chi connectivity index (χ4n) is 9.90. The topological polar surface area (TPSA) is 20.7 Å². The Morgan fingerprint density at radius 1 is 0.702 bits per heavy atom. The van der Waals surface area contributed by atoms with Crippen molar-refractivity contribution in [2.45, 2.75) is 38.0 Å². The molecule has 2 aromatic heterocycles. The molecule has 224 valence electrons. The van der Waals surface area contributed by atoms with Gasteiger partial charge in [-0.25, -0.2) is 0 Å². The molecule has 3 atom stereocenters. The Morgan fingerprint density at radius 3 is 2.36 bits per heavy atom. The second-order valence-corrected chi connectivity index (χ2v) is 14.2. The molecule has 5 aromatic carbocycles. The van der Waals surface area contributed by atoms with Crippen LogP contribution in [0.5, 0.6) is 0 Å². The number of aromatic amines is 1. The van der Waals surface area contributed by atoms with Crippen molar-refractivity contribution >= 4 is 44.0 Å². The molecule has 0 amide bonds. The lowest BCUT2D eigenvalue weighted by Crippen LogP contribution is -2.36. The Labute approximate surface area is 274 Å². The van der Waals surface area contributed by atoms with E-state index in [4.69, 9.17) is 0 Å². The van der Waals surface area contributed by atoms with Crippen LogP contribution in [0.3, 0.4) is 0 Å². The number of benzene rings is 5. The summed E-state index contributed by atoms with van der Waals surface area (Å²) in [6.45, 7) is 4.75. The Hall–Kier alpha value is -5.34. The van der Waals surface area contributed by atoms with E-state index in [0.717, 1.165) is 12.8 Å². The van der Waals surface area contributed by atoms with Crippen molar-refractivity contribution in [2.24, 2.45) is 5.92 Å². The molecule has 2 nitrogen and oxygen atoms in total. The molecule has 0 radical (unpaired) electrons. The largest absolute Gasteiger partial charge is 0.358 e. The number of nitrogens with one attached hydrogen (secondary N) is 1. The van der Waals surface area contributed by atoms with E-state index < -0.39 is 5.41 Å². The van der Waals surface area contributed by atoms with E-state index in [-0.39, 0.29) is 0 Å². The molecule has 3 heterocycles. The van der Waals surface area contributed by atoms with Crippen LogP contribution in [0.25, 0.3) is 55.1 Å². The van der Waals surface area contributed by atoms with Crippen molar-refractivity contribution in [3.05, 3.63) is 167 Å². The summed E-state index contributed by atoms with van der Waals surface area (Å²) in [6.07, 6.45) is 9.45. The monoisotopic (exact) mass is 602 g/mol. The first kappa shape index (κ1) is 25.8. The molecule has 0 fully saturated rings. The molecule has 47 heavy (non-hydrogen) atoms. The van der Waals surface area contributed by atoms with Crippen LogP contribution in [-0.4, -0.2) is 9.55 Å². The summed E-state index contributed by atoms with van der Waals surface area (Å²) < 4.78 is 2.59. The molecular formula is C45H34N2. The summed E-state index contributed by atoms with van der Waals surface area (Å²) >= 11 is 0. The van der Waals surface area contributed by atoms with Crippen LogP contribution in [0.1, 0.15) is 66.1 Å². The third kappa shape index (κ3) is 3.03. The summed E-state index contributed by atoms with van der Waals surface area (Å²) in [4.78, 5) is 3.85. The van der Waals surface area contributed by atoms with Crippen molar-refractivity contribution in [1.29, 1.82) is 0 Å². The van der Waals surface area contributed by atoms with Gasteiger partial charge >= 0.3 is 0 Å². The van der Waals surface area contributed by atoms with E-state index in [1.54, 1.807) is 0 Å². The normalized spacial score (nSPS) is 22.1. The summed E-state index contributed by atoms with van der Waals surface area (Å²) in [5.41, 5.74) is 18.9. The highest BCUT2D eigenvalue weighted by Crippen LogP contribution is 2.64. The minimum atomic E-state index is -0.406. The van der Waals surface area contributed by atoms with Gasteiger partial charge in [-0.2, -0.15) is 0 Å². The highest BCUT2D eigenvalue weighted by molar-refractivity contribution is 6.15. The van der Waals surface area contributed by atoms with Gasteiger partial charge in [0.1, 0.15) is 0 Å². The van der Waals surface area contributed by atoms with E-state index >= 15 is 0 Å². The minimum Gasteiger partial charge on any atom is -0.358 e. The average molecular weight is 603 g/mol.